The van der Waals surface area contributed by atoms with Crippen LogP contribution in [0.4, 0.5) is 0 Å². The van der Waals surface area contributed by atoms with Crippen LogP contribution in [-0.4, -0.2) is 34.9 Å². The minimum atomic E-state index is -0.0159. The van der Waals surface area contributed by atoms with Crippen LogP contribution in [0.1, 0.15) is 37.3 Å². The number of carbonyl (C=O) groups is 1. The van der Waals surface area contributed by atoms with Gasteiger partial charge in [0.05, 0.1) is 0 Å². The second-order valence-corrected chi connectivity index (χ2v) is 5.67. The lowest BCUT2D eigenvalue weighted by Crippen LogP contribution is -2.39. The molecule has 1 atom stereocenters. The fraction of sp³-hybridized carbons (Fsp3) is 0.500. The number of amides is 1. The number of oxime groups is 1. The summed E-state index contributed by atoms with van der Waals surface area (Å²) in [5, 5.41) is 11.6. The van der Waals surface area contributed by atoms with Crippen LogP contribution in [-0.2, 0) is 11.2 Å². The Labute approximate surface area is 125 Å². The first-order valence-corrected chi connectivity index (χ1v) is 7.47. The van der Waals surface area contributed by atoms with Crippen LogP contribution >= 0.6 is 0 Å². The summed E-state index contributed by atoms with van der Waals surface area (Å²) in [5.74, 6) is 0.326. The highest BCUT2D eigenvalue weighted by Crippen LogP contribution is 2.16. The standard InChI is InChI=1S/C16H23N3O2/c1-12(16(20)19-9-3-2-4-10-19)11-13-5-7-14(8-6-13)15(17)18-21/h5-8,12,21H,2-4,9-11H2,1H3,(H2,17,18). The highest BCUT2D eigenvalue weighted by Gasteiger charge is 2.22. The van der Waals surface area contributed by atoms with Gasteiger partial charge in [0.25, 0.3) is 0 Å². The van der Waals surface area contributed by atoms with E-state index in [0.717, 1.165) is 31.5 Å². The van der Waals surface area contributed by atoms with Crippen LogP contribution in [0.5, 0.6) is 0 Å². The molecular formula is C16H23N3O2. The molecular weight excluding hydrogens is 266 g/mol. The van der Waals surface area contributed by atoms with Gasteiger partial charge in [0.1, 0.15) is 0 Å². The van der Waals surface area contributed by atoms with Crippen molar-refractivity contribution in [1.29, 1.82) is 0 Å². The second-order valence-electron chi connectivity index (χ2n) is 5.67. The first-order valence-electron chi connectivity index (χ1n) is 7.47. The minimum absolute atomic E-state index is 0.0159. The van der Waals surface area contributed by atoms with Gasteiger partial charge in [-0.2, -0.15) is 0 Å². The van der Waals surface area contributed by atoms with E-state index in [1.165, 1.54) is 6.42 Å². The predicted octanol–water partition coefficient (Wildman–Crippen LogP) is 1.97. The van der Waals surface area contributed by atoms with E-state index in [2.05, 4.69) is 5.16 Å². The van der Waals surface area contributed by atoms with Gasteiger partial charge in [-0.3, -0.25) is 4.79 Å². The highest BCUT2D eigenvalue weighted by atomic mass is 16.4. The van der Waals surface area contributed by atoms with Crippen molar-refractivity contribution >= 4 is 11.7 Å². The number of carbonyl (C=O) groups excluding carboxylic acids is 1. The van der Waals surface area contributed by atoms with Gasteiger partial charge in [-0.1, -0.05) is 36.3 Å². The topological polar surface area (TPSA) is 78.9 Å². The summed E-state index contributed by atoms with van der Waals surface area (Å²) in [4.78, 5) is 14.4. The summed E-state index contributed by atoms with van der Waals surface area (Å²) in [5.41, 5.74) is 7.29. The average molecular weight is 289 g/mol. The largest absolute Gasteiger partial charge is 0.409 e. The van der Waals surface area contributed by atoms with E-state index in [9.17, 15) is 4.79 Å². The molecule has 0 radical (unpaired) electrons. The first kappa shape index (κ1) is 15.4. The number of benzene rings is 1. The molecule has 0 aliphatic carbocycles. The van der Waals surface area contributed by atoms with E-state index in [-0.39, 0.29) is 17.7 Å². The van der Waals surface area contributed by atoms with Gasteiger partial charge in [0.2, 0.25) is 5.91 Å². The zero-order valence-electron chi connectivity index (χ0n) is 12.5. The molecule has 0 bridgehead atoms. The molecule has 5 heteroatoms. The number of nitrogens with two attached hydrogens (primary N) is 1. The van der Waals surface area contributed by atoms with Crippen LogP contribution in [0.15, 0.2) is 29.4 Å². The molecule has 0 spiro atoms. The highest BCUT2D eigenvalue weighted by molar-refractivity contribution is 5.96. The molecule has 1 aliphatic heterocycles. The summed E-state index contributed by atoms with van der Waals surface area (Å²) < 4.78 is 0. The van der Waals surface area contributed by atoms with Gasteiger partial charge in [-0.15, -0.1) is 0 Å². The molecule has 1 heterocycles. The minimum Gasteiger partial charge on any atom is -0.409 e. The van der Waals surface area contributed by atoms with E-state index in [4.69, 9.17) is 10.9 Å². The van der Waals surface area contributed by atoms with E-state index in [0.29, 0.717) is 12.0 Å². The van der Waals surface area contributed by atoms with E-state index >= 15 is 0 Å². The second kappa shape index (κ2) is 7.11. The van der Waals surface area contributed by atoms with Crippen molar-refractivity contribution in [2.75, 3.05) is 13.1 Å². The maximum atomic E-state index is 12.4. The zero-order chi connectivity index (χ0) is 15.2. The van der Waals surface area contributed by atoms with Crippen LogP contribution in [0, 0.1) is 5.92 Å². The normalized spacial score (nSPS) is 17.6. The molecule has 3 N–H and O–H groups in total. The van der Waals surface area contributed by atoms with Crippen LogP contribution in [0.2, 0.25) is 0 Å². The molecule has 114 valence electrons. The molecule has 1 fully saturated rings. The summed E-state index contributed by atoms with van der Waals surface area (Å²) >= 11 is 0. The van der Waals surface area contributed by atoms with Gasteiger partial charge in [-0.25, -0.2) is 0 Å². The Morgan fingerprint density at radius 2 is 1.90 bits per heavy atom. The van der Waals surface area contributed by atoms with Gasteiger partial charge >= 0.3 is 0 Å². The Morgan fingerprint density at radius 3 is 2.48 bits per heavy atom. The fourth-order valence-electron chi connectivity index (χ4n) is 2.74. The third kappa shape index (κ3) is 3.97. The van der Waals surface area contributed by atoms with E-state index < -0.39 is 0 Å². The molecule has 21 heavy (non-hydrogen) atoms. The number of likely N-dealkylation sites (tertiary alicyclic amines) is 1. The lowest BCUT2D eigenvalue weighted by molar-refractivity contribution is -0.135. The SMILES string of the molecule is CC(Cc1ccc(/C(N)=N/O)cc1)C(=O)N1CCCCC1. The molecule has 1 amide bonds. The molecule has 5 nitrogen and oxygen atoms in total. The number of piperidine rings is 1. The van der Waals surface area contributed by atoms with Crippen LogP contribution in [0.25, 0.3) is 0 Å². The van der Waals surface area contributed by atoms with Gasteiger partial charge in [0, 0.05) is 24.6 Å². The van der Waals surface area contributed by atoms with Crippen molar-refractivity contribution in [2.45, 2.75) is 32.6 Å². The van der Waals surface area contributed by atoms with Crippen molar-refractivity contribution in [3.63, 3.8) is 0 Å². The van der Waals surface area contributed by atoms with Crippen molar-refractivity contribution < 1.29 is 10.0 Å². The molecule has 1 aromatic carbocycles. The van der Waals surface area contributed by atoms with E-state index in [1.54, 1.807) is 0 Å². The molecule has 2 rings (SSSR count). The predicted molar refractivity (Wildman–Crippen MR) is 82.3 cm³/mol. The van der Waals surface area contributed by atoms with Gasteiger partial charge < -0.3 is 15.8 Å². The Morgan fingerprint density at radius 1 is 1.29 bits per heavy atom. The third-order valence-corrected chi connectivity index (χ3v) is 3.99. The van der Waals surface area contributed by atoms with Gasteiger partial charge in [-0.05, 0) is 31.2 Å². The number of nitrogens with zero attached hydrogens (tertiary/aromatic N) is 2. The molecule has 0 aromatic heterocycles. The zero-order valence-corrected chi connectivity index (χ0v) is 12.5. The lowest BCUT2D eigenvalue weighted by atomic mass is 9.97. The Kier molecular flexibility index (Phi) is 5.20. The lowest BCUT2D eigenvalue weighted by Gasteiger charge is -2.29. The first-order chi connectivity index (χ1) is 10.1. The average Bonchev–Trinajstić information content (AvgIpc) is 2.55. The Bertz CT molecular complexity index is 505. The molecule has 0 saturated carbocycles. The quantitative estimate of drug-likeness (QED) is 0.385. The van der Waals surface area contributed by atoms with Crippen molar-refractivity contribution in [2.24, 2.45) is 16.8 Å². The van der Waals surface area contributed by atoms with Crippen molar-refractivity contribution in [3.05, 3.63) is 35.4 Å². The third-order valence-electron chi connectivity index (χ3n) is 3.99. The van der Waals surface area contributed by atoms with Crippen LogP contribution < -0.4 is 5.73 Å². The smallest absolute Gasteiger partial charge is 0.225 e. The number of rotatable bonds is 4. The summed E-state index contributed by atoms with van der Waals surface area (Å²) in [6.07, 6.45) is 4.18. The van der Waals surface area contributed by atoms with E-state index in [1.807, 2.05) is 36.1 Å². The molecule has 1 saturated heterocycles. The van der Waals surface area contributed by atoms with Crippen molar-refractivity contribution in [3.8, 4) is 0 Å². The Balaban J connectivity index is 1.95. The monoisotopic (exact) mass is 289 g/mol. The maximum Gasteiger partial charge on any atom is 0.225 e. The molecule has 1 aromatic rings. The summed E-state index contributed by atoms with van der Waals surface area (Å²) in [7, 11) is 0. The maximum absolute atomic E-state index is 12.4. The van der Waals surface area contributed by atoms with Crippen LogP contribution in [0.3, 0.4) is 0 Å². The summed E-state index contributed by atoms with van der Waals surface area (Å²) in [6, 6.07) is 7.46. The summed E-state index contributed by atoms with van der Waals surface area (Å²) in [6.45, 7) is 3.77. The number of hydrogen-bond acceptors (Lipinski definition) is 3. The fourth-order valence-corrected chi connectivity index (χ4v) is 2.74. The number of amidine groups is 1. The Hall–Kier alpha value is -2.04. The van der Waals surface area contributed by atoms with Gasteiger partial charge in [0.15, 0.2) is 5.84 Å². The molecule has 1 aliphatic rings. The van der Waals surface area contributed by atoms with Crippen molar-refractivity contribution in [1.82, 2.24) is 4.90 Å². The molecule has 1 unspecified atom stereocenters. The number of hydrogen-bond donors (Lipinski definition) is 2.